The SMILES string of the molecule is Cc1cc(N2CCC(N(C)CCO)CC2)c(Cl)cc1[N+](=O)[O-]. The summed E-state index contributed by atoms with van der Waals surface area (Å²) >= 11 is 6.24. The third-order valence-electron chi connectivity index (χ3n) is 4.34. The summed E-state index contributed by atoms with van der Waals surface area (Å²) in [7, 11) is 2.03. The van der Waals surface area contributed by atoms with Crippen molar-refractivity contribution in [2.75, 3.05) is 38.2 Å². The van der Waals surface area contributed by atoms with Gasteiger partial charge in [-0.3, -0.25) is 10.1 Å². The van der Waals surface area contributed by atoms with Crippen LogP contribution in [0.3, 0.4) is 0 Å². The van der Waals surface area contributed by atoms with Crippen LogP contribution in [0.1, 0.15) is 18.4 Å². The minimum absolute atomic E-state index is 0.0614. The predicted octanol–water partition coefficient (Wildman–Crippen LogP) is 2.45. The summed E-state index contributed by atoms with van der Waals surface area (Å²) in [5, 5.41) is 20.4. The first-order valence-electron chi connectivity index (χ1n) is 7.44. The molecule has 122 valence electrons. The van der Waals surface area contributed by atoms with Gasteiger partial charge in [0.05, 0.1) is 22.2 Å². The lowest BCUT2D eigenvalue weighted by Crippen LogP contribution is -2.44. The fourth-order valence-corrected chi connectivity index (χ4v) is 3.26. The Morgan fingerprint density at radius 1 is 1.45 bits per heavy atom. The molecule has 22 heavy (non-hydrogen) atoms. The molecule has 0 aromatic heterocycles. The average Bonchev–Trinajstić information content (AvgIpc) is 2.49. The van der Waals surface area contributed by atoms with E-state index in [0.29, 0.717) is 23.2 Å². The molecule has 1 saturated heterocycles. The van der Waals surface area contributed by atoms with Crippen molar-refractivity contribution in [3.05, 3.63) is 32.8 Å². The molecule has 0 atom stereocenters. The number of hydrogen-bond acceptors (Lipinski definition) is 5. The van der Waals surface area contributed by atoms with Crippen molar-refractivity contribution in [2.24, 2.45) is 0 Å². The first kappa shape index (κ1) is 17.0. The number of benzene rings is 1. The average molecular weight is 328 g/mol. The second kappa shape index (κ2) is 7.26. The van der Waals surface area contributed by atoms with Gasteiger partial charge in [0.25, 0.3) is 5.69 Å². The van der Waals surface area contributed by atoms with Crippen LogP contribution in [0, 0.1) is 17.0 Å². The second-order valence-corrected chi connectivity index (χ2v) is 6.18. The molecule has 2 rings (SSSR count). The number of aliphatic hydroxyl groups is 1. The molecule has 0 unspecified atom stereocenters. The van der Waals surface area contributed by atoms with Crippen molar-refractivity contribution in [1.29, 1.82) is 0 Å². The fraction of sp³-hybridized carbons (Fsp3) is 0.600. The Morgan fingerprint density at radius 3 is 2.64 bits per heavy atom. The number of nitro benzene ring substituents is 1. The summed E-state index contributed by atoms with van der Waals surface area (Å²) in [5.41, 5.74) is 1.56. The van der Waals surface area contributed by atoms with Gasteiger partial charge in [-0.1, -0.05) is 11.6 Å². The molecular formula is C15H22ClN3O3. The third kappa shape index (κ3) is 3.69. The number of nitro groups is 1. The monoisotopic (exact) mass is 327 g/mol. The van der Waals surface area contributed by atoms with Crippen LogP contribution in [-0.4, -0.2) is 54.3 Å². The number of aryl methyl sites for hydroxylation is 1. The van der Waals surface area contributed by atoms with Crippen molar-refractivity contribution < 1.29 is 10.0 Å². The Balaban J connectivity index is 2.08. The summed E-state index contributed by atoms with van der Waals surface area (Å²) in [5.74, 6) is 0. The molecule has 1 heterocycles. The van der Waals surface area contributed by atoms with E-state index < -0.39 is 4.92 Å². The van der Waals surface area contributed by atoms with Gasteiger partial charge in [0, 0.05) is 37.3 Å². The quantitative estimate of drug-likeness (QED) is 0.664. The minimum Gasteiger partial charge on any atom is -0.395 e. The van der Waals surface area contributed by atoms with Crippen molar-refractivity contribution in [3.8, 4) is 0 Å². The van der Waals surface area contributed by atoms with Crippen LogP contribution < -0.4 is 4.90 Å². The number of aliphatic hydroxyl groups excluding tert-OH is 1. The van der Waals surface area contributed by atoms with Gasteiger partial charge in [-0.05, 0) is 32.9 Å². The van der Waals surface area contributed by atoms with Crippen LogP contribution in [0.5, 0.6) is 0 Å². The topological polar surface area (TPSA) is 69.8 Å². The maximum atomic E-state index is 10.9. The molecule has 0 radical (unpaired) electrons. The van der Waals surface area contributed by atoms with E-state index in [4.69, 9.17) is 16.7 Å². The lowest BCUT2D eigenvalue weighted by molar-refractivity contribution is -0.385. The first-order chi connectivity index (χ1) is 10.4. The molecule has 7 heteroatoms. The van der Waals surface area contributed by atoms with Crippen LogP contribution >= 0.6 is 11.6 Å². The third-order valence-corrected chi connectivity index (χ3v) is 4.65. The fourth-order valence-electron chi connectivity index (χ4n) is 2.98. The maximum absolute atomic E-state index is 10.9. The van der Waals surface area contributed by atoms with E-state index in [1.165, 1.54) is 6.07 Å². The molecule has 1 aromatic carbocycles. The number of halogens is 1. The van der Waals surface area contributed by atoms with Crippen LogP contribution in [0.4, 0.5) is 11.4 Å². The zero-order valence-electron chi connectivity index (χ0n) is 13.0. The highest BCUT2D eigenvalue weighted by molar-refractivity contribution is 6.33. The van der Waals surface area contributed by atoms with E-state index in [-0.39, 0.29) is 12.3 Å². The van der Waals surface area contributed by atoms with E-state index in [9.17, 15) is 10.1 Å². The molecule has 1 fully saturated rings. The largest absolute Gasteiger partial charge is 0.395 e. The van der Waals surface area contributed by atoms with Crippen LogP contribution in [0.25, 0.3) is 0 Å². The Kier molecular flexibility index (Phi) is 5.61. The molecule has 0 spiro atoms. The highest BCUT2D eigenvalue weighted by Crippen LogP contribution is 2.34. The smallest absolute Gasteiger partial charge is 0.273 e. The van der Waals surface area contributed by atoms with Gasteiger partial charge in [-0.2, -0.15) is 0 Å². The second-order valence-electron chi connectivity index (χ2n) is 5.77. The number of hydrogen-bond donors (Lipinski definition) is 1. The van der Waals surface area contributed by atoms with Crippen LogP contribution in [0.15, 0.2) is 12.1 Å². The van der Waals surface area contributed by atoms with E-state index in [1.807, 2.05) is 7.05 Å². The Hall–Kier alpha value is -1.37. The van der Waals surface area contributed by atoms with Gasteiger partial charge >= 0.3 is 0 Å². The van der Waals surface area contributed by atoms with Gasteiger partial charge in [0.2, 0.25) is 0 Å². The van der Waals surface area contributed by atoms with Crippen molar-refractivity contribution in [1.82, 2.24) is 4.90 Å². The number of anilines is 1. The highest BCUT2D eigenvalue weighted by Gasteiger charge is 2.25. The summed E-state index contributed by atoms with van der Waals surface area (Å²) in [6.07, 6.45) is 1.98. The summed E-state index contributed by atoms with van der Waals surface area (Å²) < 4.78 is 0. The lowest BCUT2D eigenvalue weighted by Gasteiger charge is -2.38. The number of nitrogens with zero attached hydrogens (tertiary/aromatic N) is 3. The van der Waals surface area contributed by atoms with Gasteiger partial charge < -0.3 is 14.9 Å². The van der Waals surface area contributed by atoms with E-state index >= 15 is 0 Å². The molecule has 6 nitrogen and oxygen atoms in total. The molecular weight excluding hydrogens is 306 g/mol. The molecule has 0 bridgehead atoms. The van der Waals surface area contributed by atoms with Crippen molar-refractivity contribution in [3.63, 3.8) is 0 Å². The molecule has 1 aliphatic heterocycles. The van der Waals surface area contributed by atoms with Crippen LogP contribution in [-0.2, 0) is 0 Å². The molecule has 1 aromatic rings. The first-order valence-corrected chi connectivity index (χ1v) is 7.82. The van der Waals surface area contributed by atoms with E-state index in [2.05, 4.69) is 9.80 Å². The Labute approximate surface area is 135 Å². The minimum atomic E-state index is -0.402. The molecule has 0 aliphatic carbocycles. The number of likely N-dealkylation sites (N-methyl/N-ethyl adjacent to an activating group) is 1. The Bertz CT molecular complexity index is 545. The number of piperidine rings is 1. The molecule has 1 aliphatic rings. The summed E-state index contributed by atoms with van der Waals surface area (Å²) in [6.45, 7) is 4.31. The molecule has 0 amide bonds. The maximum Gasteiger partial charge on any atom is 0.273 e. The summed E-state index contributed by atoms with van der Waals surface area (Å²) in [6, 6.07) is 3.70. The van der Waals surface area contributed by atoms with Gasteiger partial charge in [0.1, 0.15) is 0 Å². The number of rotatable bonds is 5. The highest BCUT2D eigenvalue weighted by atomic mass is 35.5. The van der Waals surface area contributed by atoms with Crippen LogP contribution in [0.2, 0.25) is 5.02 Å². The molecule has 1 N–H and O–H groups in total. The van der Waals surface area contributed by atoms with E-state index in [0.717, 1.165) is 31.6 Å². The lowest BCUT2D eigenvalue weighted by atomic mass is 10.0. The zero-order chi connectivity index (χ0) is 16.3. The van der Waals surface area contributed by atoms with Gasteiger partial charge in [-0.25, -0.2) is 0 Å². The zero-order valence-corrected chi connectivity index (χ0v) is 13.7. The van der Waals surface area contributed by atoms with Crippen molar-refractivity contribution in [2.45, 2.75) is 25.8 Å². The molecule has 0 saturated carbocycles. The summed E-state index contributed by atoms with van der Waals surface area (Å²) in [4.78, 5) is 14.9. The van der Waals surface area contributed by atoms with E-state index in [1.54, 1.807) is 13.0 Å². The van der Waals surface area contributed by atoms with Crippen molar-refractivity contribution >= 4 is 23.0 Å². The normalized spacial score (nSPS) is 16.3. The standard InChI is InChI=1S/C15H22ClN3O3/c1-11-9-15(13(16)10-14(11)19(21)22)18-5-3-12(4-6-18)17(2)7-8-20/h9-10,12,20H,3-8H2,1-2H3. The Morgan fingerprint density at radius 2 is 2.09 bits per heavy atom. The van der Waals surface area contributed by atoms with Gasteiger partial charge in [0.15, 0.2) is 0 Å². The predicted molar refractivity (Wildman–Crippen MR) is 87.8 cm³/mol. The van der Waals surface area contributed by atoms with Gasteiger partial charge in [-0.15, -0.1) is 0 Å².